The number of hydrogen-bond donors (Lipinski definition) is 0. The number of fused-ring (bicyclic) bond motifs is 1. The summed E-state index contributed by atoms with van der Waals surface area (Å²) < 4.78 is 13.9. The second-order valence-corrected chi connectivity index (χ2v) is 11.4. The van der Waals surface area contributed by atoms with Crippen molar-refractivity contribution in [3.8, 4) is 5.75 Å². The Balaban J connectivity index is 1.28. The normalized spacial score (nSPS) is 34.3. The molecule has 5 aliphatic rings. The average molecular weight is 431 g/mol. The summed E-state index contributed by atoms with van der Waals surface area (Å²) in [5, 5.41) is 0. The maximum atomic E-state index is 7.17. The van der Waals surface area contributed by atoms with Crippen molar-refractivity contribution in [2.45, 2.75) is 95.4 Å². The monoisotopic (exact) mass is 430 g/mol. The first-order valence-corrected chi connectivity index (χ1v) is 13.1. The fraction of sp³-hybridized carbons (Fsp3) is 0.600. The van der Waals surface area contributed by atoms with Crippen molar-refractivity contribution in [1.82, 2.24) is 0 Å². The molecule has 3 atom stereocenters. The zero-order valence-corrected chi connectivity index (χ0v) is 19.8. The quantitative estimate of drug-likeness (QED) is 0.421. The Bertz CT molecular complexity index is 910. The molecule has 2 aromatic carbocycles. The molecule has 5 aliphatic carbocycles. The SMILES string of the molecule is CCC(C)c1ccc(OC(OC23CC4CC(CC(C4)C2)C3)C2CCc3ccccc32)cc1. The van der Waals surface area contributed by atoms with Gasteiger partial charge in [-0.25, -0.2) is 0 Å². The van der Waals surface area contributed by atoms with E-state index in [4.69, 9.17) is 9.47 Å². The van der Waals surface area contributed by atoms with Crippen LogP contribution < -0.4 is 4.74 Å². The highest BCUT2D eigenvalue weighted by Crippen LogP contribution is 2.58. The molecule has 2 heteroatoms. The highest BCUT2D eigenvalue weighted by molar-refractivity contribution is 5.36. The molecule has 0 spiro atoms. The third-order valence-electron chi connectivity index (χ3n) is 9.17. The average Bonchev–Trinajstić information content (AvgIpc) is 3.22. The fourth-order valence-corrected chi connectivity index (χ4v) is 7.73. The second-order valence-electron chi connectivity index (χ2n) is 11.4. The summed E-state index contributed by atoms with van der Waals surface area (Å²) in [4.78, 5) is 0. The van der Waals surface area contributed by atoms with Gasteiger partial charge in [0.15, 0.2) is 0 Å². The highest BCUT2D eigenvalue weighted by Gasteiger charge is 2.53. The van der Waals surface area contributed by atoms with Gasteiger partial charge < -0.3 is 9.47 Å². The van der Waals surface area contributed by atoms with Gasteiger partial charge in [0.25, 0.3) is 0 Å². The van der Waals surface area contributed by atoms with Crippen molar-refractivity contribution in [3.63, 3.8) is 0 Å². The third kappa shape index (κ3) is 3.79. The lowest BCUT2D eigenvalue weighted by Crippen LogP contribution is -2.54. The van der Waals surface area contributed by atoms with E-state index in [1.807, 2.05) is 0 Å². The number of ether oxygens (including phenoxy) is 2. The van der Waals surface area contributed by atoms with Gasteiger partial charge in [0.1, 0.15) is 5.75 Å². The molecule has 170 valence electrons. The van der Waals surface area contributed by atoms with Crippen molar-refractivity contribution in [1.29, 1.82) is 0 Å². The topological polar surface area (TPSA) is 18.5 Å². The van der Waals surface area contributed by atoms with Crippen LogP contribution in [0.5, 0.6) is 5.75 Å². The number of hydrogen-bond acceptors (Lipinski definition) is 2. The van der Waals surface area contributed by atoms with Crippen molar-refractivity contribution in [2.75, 3.05) is 0 Å². The maximum absolute atomic E-state index is 7.17. The lowest BCUT2D eigenvalue weighted by molar-refractivity contribution is -0.238. The van der Waals surface area contributed by atoms with Gasteiger partial charge in [-0.15, -0.1) is 0 Å². The van der Waals surface area contributed by atoms with Gasteiger partial charge in [-0.1, -0.05) is 50.2 Å². The Kier molecular flexibility index (Phi) is 5.33. The molecule has 0 heterocycles. The van der Waals surface area contributed by atoms with Crippen LogP contribution in [-0.4, -0.2) is 11.9 Å². The zero-order valence-electron chi connectivity index (χ0n) is 19.8. The third-order valence-corrected chi connectivity index (χ3v) is 9.17. The lowest BCUT2D eigenvalue weighted by atomic mass is 9.54. The van der Waals surface area contributed by atoms with Crippen LogP contribution in [0.2, 0.25) is 0 Å². The molecule has 0 amide bonds. The van der Waals surface area contributed by atoms with Gasteiger partial charge in [-0.3, -0.25) is 0 Å². The lowest BCUT2D eigenvalue weighted by Gasteiger charge is -2.57. The van der Waals surface area contributed by atoms with E-state index in [-0.39, 0.29) is 11.9 Å². The molecular weight excluding hydrogens is 392 g/mol. The first-order chi connectivity index (χ1) is 15.6. The Morgan fingerprint density at radius 1 is 0.906 bits per heavy atom. The van der Waals surface area contributed by atoms with E-state index in [9.17, 15) is 0 Å². The van der Waals surface area contributed by atoms with Crippen LogP contribution in [0.1, 0.15) is 93.7 Å². The smallest absolute Gasteiger partial charge is 0.207 e. The van der Waals surface area contributed by atoms with E-state index in [0.29, 0.717) is 11.8 Å². The molecule has 0 aromatic heterocycles. The highest BCUT2D eigenvalue weighted by atomic mass is 16.7. The Morgan fingerprint density at radius 2 is 1.56 bits per heavy atom. The molecule has 4 saturated carbocycles. The van der Waals surface area contributed by atoms with Gasteiger partial charge >= 0.3 is 0 Å². The number of benzene rings is 2. The minimum atomic E-state index is -0.190. The van der Waals surface area contributed by atoms with Gasteiger partial charge in [0, 0.05) is 5.92 Å². The molecule has 0 N–H and O–H groups in total. The van der Waals surface area contributed by atoms with Gasteiger partial charge in [0.2, 0.25) is 6.29 Å². The predicted octanol–water partition coefficient (Wildman–Crippen LogP) is 7.62. The van der Waals surface area contributed by atoms with Gasteiger partial charge in [-0.05, 0) is 110 Å². The minimum Gasteiger partial charge on any atom is -0.464 e. The molecule has 3 unspecified atom stereocenters. The number of rotatable bonds is 7. The summed E-state index contributed by atoms with van der Waals surface area (Å²) in [6.45, 7) is 4.55. The Hall–Kier alpha value is -1.80. The molecule has 0 radical (unpaired) electrons. The first kappa shape index (κ1) is 20.8. The minimum absolute atomic E-state index is 0.0492. The summed E-state index contributed by atoms with van der Waals surface area (Å²) in [5.74, 6) is 4.52. The molecular formula is C30H38O2. The van der Waals surface area contributed by atoms with E-state index in [2.05, 4.69) is 62.4 Å². The Labute approximate surface area is 193 Å². The van der Waals surface area contributed by atoms with Gasteiger partial charge in [0.05, 0.1) is 5.60 Å². The summed E-state index contributed by atoms with van der Waals surface area (Å²) in [7, 11) is 0. The summed E-state index contributed by atoms with van der Waals surface area (Å²) in [6, 6.07) is 17.8. The molecule has 2 aromatic rings. The second kappa shape index (κ2) is 8.20. The summed E-state index contributed by atoms with van der Waals surface area (Å²) in [6.07, 6.45) is 11.3. The molecule has 7 rings (SSSR count). The van der Waals surface area contributed by atoms with Crippen molar-refractivity contribution in [3.05, 3.63) is 65.2 Å². The van der Waals surface area contributed by atoms with Crippen molar-refractivity contribution < 1.29 is 9.47 Å². The van der Waals surface area contributed by atoms with E-state index in [1.165, 1.54) is 55.2 Å². The van der Waals surface area contributed by atoms with E-state index >= 15 is 0 Å². The van der Waals surface area contributed by atoms with Gasteiger partial charge in [-0.2, -0.15) is 0 Å². The largest absolute Gasteiger partial charge is 0.464 e. The van der Waals surface area contributed by atoms with Crippen LogP contribution in [0, 0.1) is 17.8 Å². The van der Waals surface area contributed by atoms with Crippen LogP contribution >= 0.6 is 0 Å². The van der Waals surface area contributed by atoms with Crippen molar-refractivity contribution >= 4 is 0 Å². The molecule has 0 aliphatic heterocycles. The number of aryl methyl sites for hydroxylation is 1. The van der Waals surface area contributed by atoms with E-state index in [0.717, 1.165) is 42.8 Å². The van der Waals surface area contributed by atoms with Crippen LogP contribution in [-0.2, 0) is 11.2 Å². The van der Waals surface area contributed by atoms with Crippen LogP contribution in [0.15, 0.2) is 48.5 Å². The van der Waals surface area contributed by atoms with Crippen LogP contribution in [0.4, 0.5) is 0 Å². The standard InChI is InChI=1S/C30H38O2/c1-3-20(2)24-8-11-26(12-9-24)31-29(28-13-10-25-6-4-5-7-27(25)28)32-30-17-21-14-22(18-30)16-23(15-21)19-30/h4-9,11-12,20-23,28-29H,3,10,13-19H2,1-2H3. The van der Waals surface area contributed by atoms with Crippen molar-refractivity contribution in [2.24, 2.45) is 17.8 Å². The zero-order chi connectivity index (χ0) is 21.7. The molecule has 4 fully saturated rings. The molecule has 0 saturated heterocycles. The van der Waals surface area contributed by atoms with Crippen LogP contribution in [0.3, 0.4) is 0 Å². The summed E-state index contributed by atoms with van der Waals surface area (Å²) >= 11 is 0. The molecule has 4 bridgehead atoms. The van der Waals surface area contributed by atoms with E-state index in [1.54, 1.807) is 0 Å². The van der Waals surface area contributed by atoms with Crippen LogP contribution in [0.25, 0.3) is 0 Å². The molecule has 32 heavy (non-hydrogen) atoms. The Morgan fingerprint density at radius 3 is 2.22 bits per heavy atom. The maximum Gasteiger partial charge on any atom is 0.207 e. The molecule has 2 nitrogen and oxygen atoms in total. The first-order valence-electron chi connectivity index (χ1n) is 13.1. The fourth-order valence-electron chi connectivity index (χ4n) is 7.73. The summed E-state index contributed by atoms with van der Waals surface area (Å²) in [5.41, 5.74) is 4.36. The predicted molar refractivity (Wildman–Crippen MR) is 129 cm³/mol. The van der Waals surface area contributed by atoms with E-state index < -0.39 is 0 Å².